The van der Waals surface area contributed by atoms with Crippen molar-refractivity contribution in [1.29, 1.82) is 0 Å². The van der Waals surface area contributed by atoms with Crippen LogP contribution in [0.4, 0.5) is 11.4 Å². The molecule has 0 saturated carbocycles. The number of methoxy groups -OCH3 is 1. The fourth-order valence-corrected chi connectivity index (χ4v) is 4.39. The number of nitro groups is 1. The number of pyridine rings is 1. The van der Waals surface area contributed by atoms with Crippen molar-refractivity contribution < 1.29 is 28.0 Å². The molecule has 0 unspecified atom stereocenters. The second kappa shape index (κ2) is 8.32. The second-order valence-corrected chi connectivity index (χ2v) is 8.91. The van der Waals surface area contributed by atoms with E-state index in [1.54, 1.807) is 18.2 Å². The smallest absolute Gasteiger partial charge is 0.313 e. The third-order valence-electron chi connectivity index (χ3n) is 4.79. The highest BCUT2D eigenvalue weighted by Gasteiger charge is 2.34. The minimum absolute atomic E-state index is 0.0271. The molecule has 2 heterocycles. The molecule has 0 aliphatic heterocycles. The highest BCUT2D eigenvalue weighted by Crippen LogP contribution is 2.34. The zero-order chi connectivity index (χ0) is 22.8. The topological polar surface area (TPSA) is 154 Å². The van der Waals surface area contributed by atoms with Gasteiger partial charge >= 0.3 is 11.7 Å². The van der Waals surface area contributed by atoms with E-state index in [9.17, 15) is 28.4 Å². The Kier molecular flexibility index (Phi) is 5.95. The fraction of sp³-hybridized carbons (Fsp3) is 0.263. The molecule has 11 nitrogen and oxygen atoms in total. The molecule has 1 atom stereocenters. The maximum absolute atomic E-state index is 13.0. The number of ether oxygens (including phenoxy) is 1. The van der Waals surface area contributed by atoms with Gasteiger partial charge in [-0.15, -0.1) is 0 Å². The third-order valence-corrected chi connectivity index (χ3v) is 6.47. The lowest BCUT2D eigenvalue weighted by atomic mass is 9.91. The molecule has 12 heteroatoms. The first-order valence-electron chi connectivity index (χ1n) is 9.03. The van der Waals surface area contributed by atoms with Gasteiger partial charge in [-0.1, -0.05) is 18.2 Å². The Labute approximate surface area is 177 Å². The Balaban J connectivity index is 2.12. The molecule has 0 radical (unpaired) electrons. The van der Waals surface area contributed by atoms with E-state index in [1.807, 2.05) is 0 Å². The van der Waals surface area contributed by atoms with E-state index in [4.69, 9.17) is 4.74 Å². The zero-order valence-corrected chi connectivity index (χ0v) is 17.5. The van der Waals surface area contributed by atoms with Gasteiger partial charge in [0.25, 0.3) is 10.0 Å². The predicted octanol–water partition coefficient (Wildman–Crippen LogP) is 2.33. The summed E-state index contributed by atoms with van der Waals surface area (Å²) < 4.78 is 31.9. The number of aromatic nitrogens is 2. The number of aliphatic carboxylic acids is 1. The van der Waals surface area contributed by atoms with Crippen molar-refractivity contribution >= 4 is 38.4 Å². The van der Waals surface area contributed by atoms with Gasteiger partial charge in [0.15, 0.2) is 5.65 Å². The van der Waals surface area contributed by atoms with Crippen molar-refractivity contribution in [3.05, 3.63) is 58.9 Å². The third kappa shape index (κ3) is 4.07. The fourth-order valence-electron chi connectivity index (χ4n) is 3.07. The largest absolute Gasteiger partial charge is 0.481 e. The van der Waals surface area contributed by atoms with Gasteiger partial charge in [0.1, 0.15) is 17.3 Å². The average Bonchev–Trinajstić information content (AvgIpc) is 3.17. The van der Waals surface area contributed by atoms with Crippen LogP contribution in [0.25, 0.3) is 11.0 Å². The number of carboxylic acids is 1. The Morgan fingerprint density at radius 2 is 2.00 bits per heavy atom. The van der Waals surface area contributed by atoms with Crippen molar-refractivity contribution in [2.75, 3.05) is 25.6 Å². The first-order valence-corrected chi connectivity index (χ1v) is 10.5. The maximum Gasteiger partial charge on any atom is 0.313 e. The molecule has 3 rings (SSSR count). The van der Waals surface area contributed by atoms with Crippen LogP contribution in [-0.2, 0) is 19.6 Å². The Morgan fingerprint density at radius 1 is 1.32 bits per heavy atom. The molecule has 0 aliphatic rings. The van der Waals surface area contributed by atoms with E-state index >= 15 is 0 Å². The van der Waals surface area contributed by atoms with E-state index in [1.165, 1.54) is 38.4 Å². The van der Waals surface area contributed by atoms with Crippen molar-refractivity contribution in [3.8, 4) is 0 Å². The summed E-state index contributed by atoms with van der Waals surface area (Å²) in [6.45, 7) is 1.09. The molecule has 31 heavy (non-hydrogen) atoms. The maximum atomic E-state index is 13.0. The molecule has 164 valence electrons. The van der Waals surface area contributed by atoms with Crippen LogP contribution in [0.15, 0.2) is 53.7 Å². The Morgan fingerprint density at radius 3 is 2.58 bits per heavy atom. The lowest BCUT2D eigenvalue weighted by Gasteiger charge is -2.24. The summed E-state index contributed by atoms with van der Waals surface area (Å²) in [6.07, 6.45) is 2.19. The molecule has 0 bridgehead atoms. The van der Waals surface area contributed by atoms with Crippen LogP contribution in [0.5, 0.6) is 0 Å². The number of fused-ring (bicyclic) bond motifs is 1. The molecule has 2 N–H and O–H groups in total. The number of nitrogens with one attached hydrogen (secondary N) is 1. The molecular weight excluding hydrogens is 428 g/mol. The van der Waals surface area contributed by atoms with Gasteiger partial charge in [-0.05, 0) is 25.1 Å². The van der Waals surface area contributed by atoms with E-state index in [-0.39, 0.29) is 34.8 Å². The van der Waals surface area contributed by atoms with Gasteiger partial charge in [-0.2, -0.15) is 0 Å². The number of anilines is 1. The first-order chi connectivity index (χ1) is 14.6. The van der Waals surface area contributed by atoms with Crippen molar-refractivity contribution in [2.45, 2.75) is 11.8 Å². The quantitative estimate of drug-likeness (QED) is 0.371. The van der Waals surface area contributed by atoms with E-state index in [2.05, 4.69) is 10.3 Å². The van der Waals surface area contributed by atoms with Crippen LogP contribution in [0, 0.1) is 15.5 Å². The number of hydrogen-bond acceptors (Lipinski definition) is 8. The van der Waals surface area contributed by atoms with E-state index < -0.39 is 32.0 Å². The number of benzene rings is 1. The summed E-state index contributed by atoms with van der Waals surface area (Å²) in [7, 11) is -2.65. The van der Waals surface area contributed by atoms with Crippen LogP contribution >= 0.6 is 0 Å². The lowest BCUT2D eigenvalue weighted by Crippen LogP contribution is -2.39. The number of rotatable bonds is 9. The Hall–Kier alpha value is -3.51. The number of hydrogen-bond donors (Lipinski definition) is 2. The van der Waals surface area contributed by atoms with E-state index in [0.717, 1.165) is 10.2 Å². The number of carboxylic acid groups (broad SMARTS) is 1. The van der Waals surface area contributed by atoms with E-state index in [0.29, 0.717) is 0 Å². The monoisotopic (exact) mass is 448 g/mol. The molecular formula is C19H20N4O7S. The normalized spacial score (nSPS) is 13.6. The zero-order valence-electron chi connectivity index (χ0n) is 16.7. The SMILES string of the molecule is COC[C@](C)(CNc1c([N+](=O)[O-])cnc2c1ccn2S(=O)(=O)c1ccccc1)C(=O)O. The van der Waals surface area contributed by atoms with Gasteiger partial charge in [0.2, 0.25) is 0 Å². The highest BCUT2D eigenvalue weighted by atomic mass is 32.2. The summed E-state index contributed by atoms with van der Waals surface area (Å²) in [4.78, 5) is 26.5. The lowest BCUT2D eigenvalue weighted by molar-refractivity contribution is -0.384. The van der Waals surface area contributed by atoms with Gasteiger partial charge in [-0.25, -0.2) is 17.4 Å². The summed E-state index contributed by atoms with van der Waals surface area (Å²) >= 11 is 0. The molecule has 0 aliphatic carbocycles. The summed E-state index contributed by atoms with van der Waals surface area (Å²) in [5.41, 5.74) is -1.84. The molecule has 1 aromatic carbocycles. The van der Waals surface area contributed by atoms with Crippen LogP contribution < -0.4 is 5.32 Å². The van der Waals surface area contributed by atoms with Crippen molar-refractivity contribution in [3.63, 3.8) is 0 Å². The van der Waals surface area contributed by atoms with Crippen LogP contribution in [0.1, 0.15) is 6.92 Å². The minimum atomic E-state index is -4.00. The summed E-state index contributed by atoms with van der Waals surface area (Å²) in [5.74, 6) is -1.15. The van der Waals surface area contributed by atoms with Crippen LogP contribution in [-0.4, -0.2) is 53.6 Å². The van der Waals surface area contributed by atoms with Crippen LogP contribution in [0.3, 0.4) is 0 Å². The molecule has 0 amide bonds. The second-order valence-electron chi connectivity index (χ2n) is 7.09. The summed E-state index contributed by atoms with van der Waals surface area (Å²) in [6, 6.07) is 9.06. The first kappa shape index (κ1) is 22.2. The standard InChI is InChI=1S/C19H20N4O7S/c1-19(12-30-2,18(24)25)11-21-16-14-8-9-22(17(14)20-10-15(16)23(26)27)31(28,29)13-6-4-3-5-7-13/h3-10H,11-12H2,1-2H3,(H,20,21)(H,24,25)/t19-/m0/s1. The summed E-state index contributed by atoms with van der Waals surface area (Å²) in [5, 5.41) is 24.0. The molecule has 3 aromatic rings. The van der Waals surface area contributed by atoms with Gasteiger partial charge in [0, 0.05) is 19.9 Å². The average molecular weight is 448 g/mol. The van der Waals surface area contributed by atoms with Gasteiger partial charge in [-0.3, -0.25) is 14.9 Å². The number of carbonyl (C=O) groups is 1. The van der Waals surface area contributed by atoms with Gasteiger partial charge < -0.3 is 15.2 Å². The van der Waals surface area contributed by atoms with Crippen molar-refractivity contribution in [1.82, 2.24) is 8.96 Å². The minimum Gasteiger partial charge on any atom is -0.481 e. The van der Waals surface area contributed by atoms with Crippen molar-refractivity contribution in [2.24, 2.45) is 5.41 Å². The molecule has 0 spiro atoms. The Bertz CT molecular complexity index is 1240. The molecule has 2 aromatic heterocycles. The molecule has 0 fully saturated rings. The van der Waals surface area contributed by atoms with Crippen LogP contribution in [0.2, 0.25) is 0 Å². The predicted molar refractivity (Wildman–Crippen MR) is 112 cm³/mol. The number of nitrogens with zero attached hydrogens (tertiary/aromatic N) is 3. The highest BCUT2D eigenvalue weighted by molar-refractivity contribution is 7.90. The molecule has 0 saturated heterocycles. The van der Waals surface area contributed by atoms with Gasteiger partial charge in [0.05, 0.1) is 21.8 Å².